The molecule has 0 N–H and O–H groups in total. The Labute approximate surface area is 160 Å². The molecule has 3 nitrogen and oxygen atoms in total. The van der Waals surface area contributed by atoms with Gasteiger partial charge in [0.05, 0.1) is 12.0 Å². The Bertz CT molecular complexity index is 632. The topological polar surface area (TPSA) is 23.6 Å². The van der Waals surface area contributed by atoms with Crippen LogP contribution in [0, 0.1) is 0 Å². The molecule has 0 spiro atoms. The molecule has 1 amide bonds. The van der Waals surface area contributed by atoms with Crippen LogP contribution < -0.4 is 0 Å². The molecule has 136 valence electrons. The fraction of sp³-hybridized carbons (Fsp3) is 0.650. The van der Waals surface area contributed by atoms with Crippen LogP contribution >= 0.6 is 23.4 Å². The summed E-state index contributed by atoms with van der Waals surface area (Å²) in [5.41, 5.74) is 2.48. The number of carbonyl (C=O) groups excluding carboxylic acids is 1. The van der Waals surface area contributed by atoms with Crippen molar-refractivity contribution in [2.45, 2.75) is 44.1 Å². The van der Waals surface area contributed by atoms with E-state index in [9.17, 15) is 4.79 Å². The molecular formula is C20H27ClN2OS. The minimum absolute atomic E-state index is 0.0409. The molecule has 0 aromatic heterocycles. The maximum Gasteiger partial charge on any atom is 0.230 e. The van der Waals surface area contributed by atoms with Crippen molar-refractivity contribution in [1.82, 2.24) is 9.80 Å². The molecule has 3 aliphatic rings. The molecule has 2 fully saturated rings. The highest BCUT2D eigenvalue weighted by Crippen LogP contribution is 2.37. The Morgan fingerprint density at radius 3 is 2.88 bits per heavy atom. The van der Waals surface area contributed by atoms with Gasteiger partial charge in [-0.2, -0.15) is 11.8 Å². The Hall–Kier alpha value is -0.710. The van der Waals surface area contributed by atoms with E-state index in [1.165, 1.54) is 43.5 Å². The van der Waals surface area contributed by atoms with Gasteiger partial charge in [-0.15, -0.1) is 0 Å². The summed E-state index contributed by atoms with van der Waals surface area (Å²) in [6.45, 7) is 4.36. The second-order valence-corrected chi connectivity index (χ2v) is 9.14. The summed E-state index contributed by atoms with van der Waals surface area (Å²) in [5.74, 6) is 2.55. The van der Waals surface area contributed by atoms with E-state index in [0.29, 0.717) is 11.9 Å². The Kier molecular flexibility index (Phi) is 5.59. The quantitative estimate of drug-likeness (QED) is 0.799. The van der Waals surface area contributed by atoms with E-state index < -0.39 is 0 Å². The number of fused-ring (bicyclic) bond motifs is 1. The van der Waals surface area contributed by atoms with Gasteiger partial charge in [-0.3, -0.25) is 4.79 Å². The van der Waals surface area contributed by atoms with Crippen LogP contribution in [0.15, 0.2) is 18.2 Å². The zero-order valence-electron chi connectivity index (χ0n) is 14.8. The molecule has 0 bridgehead atoms. The number of aryl methyl sites for hydroxylation is 1. The SMILES string of the molecule is O=C(C1CCc2cc(Cl)ccc21)N1CCSCC1CN1CCCCC1. The van der Waals surface area contributed by atoms with Gasteiger partial charge in [0, 0.05) is 29.6 Å². The average molecular weight is 379 g/mol. The highest BCUT2D eigenvalue weighted by molar-refractivity contribution is 7.99. The summed E-state index contributed by atoms with van der Waals surface area (Å²) >= 11 is 8.13. The third kappa shape index (κ3) is 3.86. The molecule has 2 aliphatic heterocycles. The number of likely N-dealkylation sites (tertiary alicyclic amines) is 1. The normalized spacial score (nSPS) is 27.3. The third-order valence-corrected chi connectivity index (χ3v) is 7.24. The van der Waals surface area contributed by atoms with Crippen LogP contribution in [-0.4, -0.2) is 59.4 Å². The Morgan fingerprint density at radius 2 is 2.04 bits per heavy atom. The molecule has 0 saturated carbocycles. The van der Waals surface area contributed by atoms with Crippen LogP contribution in [0.2, 0.25) is 5.02 Å². The number of benzene rings is 1. The number of carbonyl (C=O) groups is 1. The Balaban J connectivity index is 1.48. The molecule has 2 atom stereocenters. The zero-order valence-corrected chi connectivity index (χ0v) is 16.3. The van der Waals surface area contributed by atoms with Crippen LogP contribution in [0.5, 0.6) is 0 Å². The molecule has 2 saturated heterocycles. The maximum absolute atomic E-state index is 13.4. The van der Waals surface area contributed by atoms with Crippen molar-refractivity contribution in [2.75, 3.05) is 37.7 Å². The van der Waals surface area contributed by atoms with Crippen molar-refractivity contribution >= 4 is 29.3 Å². The van der Waals surface area contributed by atoms with Crippen molar-refractivity contribution in [2.24, 2.45) is 0 Å². The van der Waals surface area contributed by atoms with Crippen molar-refractivity contribution in [3.63, 3.8) is 0 Å². The van der Waals surface area contributed by atoms with Gasteiger partial charge in [-0.1, -0.05) is 24.1 Å². The first-order chi connectivity index (χ1) is 12.2. The van der Waals surface area contributed by atoms with Gasteiger partial charge in [0.2, 0.25) is 5.91 Å². The summed E-state index contributed by atoms with van der Waals surface area (Å²) in [5, 5.41) is 0.782. The van der Waals surface area contributed by atoms with E-state index in [0.717, 1.165) is 42.5 Å². The van der Waals surface area contributed by atoms with Crippen molar-refractivity contribution in [3.05, 3.63) is 34.3 Å². The lowest BCUT2D eigenvalue weighted by atomic mass is 9.98. The van der Waals surface area contributed by atoms with Crippen LogP contribution in [0.1, 0.15) is 42.7 Å². The molecule has 2 heterocycles. The van der Waals surface area contributed by atoms with E-state index in [1.807, 2.05) is 23.9 Å². The van der Waals surface area contributed by atoms with E-state index in [1.54, 1.807) is 0 Å². The predicted octanol–water partition coefficient (Wildman–Crippen LogP) is 3.80. The summed E-state index contributed by atoms with van der Waals surface area (Å²) in [6.07, 6.45) is 5.90. The zero-order chi connectivity index (χ0) is 17.2. The number of amides is 1. The van der Waals surface area contributed by atoms with E-state index in [-0.39, 0.29) is 5.92 Å². The van der Waals surface area contributed by atoms with Crippen LogP contribution in [-0.2, 0) is 11.2 Å². The number of piperidine rings is 1. The van der Waals surface area contributed by atoms with Crippen molar-refractivity contribution < 1.29 is 4.79 Å². The second-order valence-electron chi connectivity index (χ2n) is 7.56. The summed E-state index contributed by atoms with van der Waals surface area (Å²) < 4.78 is 0. The molecule has 25 heavy (non-hydrogen) atoms. The highest BCUT2D eigenvalue weighted by Gasteiger charge is 2.36. The first-order valence-corrected chi connectivity index (χ1v) is 11.1. The van der Waals surface area contributed by atoms with Gasteiger partial charge in [0.15, 0.2) is 0 Å². The van der Waals surface area contributed by atoms with Crippen LogP contribution in [0.25, 0.3) is 0 Å². The number of halogens is 1. The summed E-state index contributed by atoms with van der Waals surface area (Å²) in [4.78, 5) is 18.1. The number of hydrogen-bond donors (Lipinski definition) is 0. The molecule has 1 aliphatic carbocycles. The van der Waals surface area contributed by atoms with Gasteiger partial charge in [0.1, 0.15) is 0 Å². The fourth-order valence-corrected chi connectivity index (χ4v) is 5.82. The lowest BCUT2D eigenvalue weighted by Crippen LogP contribution is -2.53. The van der Waals surface area contributed by atoms with Crippen molar-refractivity contribution in [3.8, 4) is 0 Å². The summed E-state index contributed by atoms with van der Waals surface area (Å²) in [7, 11) is 0. The van der Waals surface area contributed by atoms with Gasteiger partial charge < -0.3 is 9.80 Å². The van der Waals surface area contributed by atoms with Gasteiger partial charge >= 0.3 is 0 Å². The highest BCUT2D eigenvalue weighted by atomic mass is 35.5. The largest absolute Gasteiger partial charge is 0.336 e. The van der Waals surface area contributed by atoms with Crippen LogP contribution in [0.3, 0.4) is 0 Å². The number of thioether (sulfide) groups is 1. The smallest absolute Gasteiger partial charge is 0.230 e. The number of rotatable bonds is 3. The molecule has 0 radical (unpaired) electrons. The third-order valence-electron chi connectivity index (χ3n) is 5.91. The average Bonchev–Trinajstić information content (AvgIpc) is 3.05. The van der Waals surface area contributed by atoms with E-state index in [2.05, 4.69) is 15.9 Å². The molecule has 1 aromatic carbocycles. The molecule has 4 rings (SSSR count). The second kappa shape index (κ2) is 7.89. The molecular weight excluding hydrogens is 352 g/mol. The Morgan fingerprint density at radius 1 is 1.20 bits per heavy atom. The molecule has 5 heteroatoms. The van der Waals surface area contributed by atoms with Crippen LogP contribution in [0.4, 0.5) is 0 Å². The van der Waals surface area contributed by atoms with Gasteiger partial charge in [-0.25, -0.2) is 0 Å². The lowest BCUT2D eigenvalue weighted by Gasteiger charge is -2.40. The van der Waals surface area contributed by atoms with E-state index >= 15 is 0 Å². The number of hydrogen-bond acceptors (Lipinski definition) is 3. The monoisotopic (exact) mass is 378 g/mol. The lowest BCUT2D eigenvalue weighted by molar-refractivity contribution is -0.135. The minimum atomic E-state index is 0.0409. The van der Waals surface area contributed by atoms with Gasteiger partial charge in [0.25, 0.3) is 0 Å². The standard InChI is InChI=1S/C20H27ClN2OS/c21-16-5-7-18-15(12-16)4-6-19(18)20(24)23-10-11-25-14-17(23)13-22-8-2-1-3-9-22/h5,7,12,17,19H,1-4,6,8-11,13-14H2. The maximum atomic E-state index is 13.4. The summed E-state index contributed by atoms with van der Waals surface area (Å²) in [6, 6.07) is 6.43. The van der Waals surface area contributed by atoms with Crippen molar-refractivity contribution in [1.29, 1.82) is 0 Å². The minimum Gasteiger partial charge on any atom is -0.336 e. The van der Waals surface area contributed by atoms with Gasteiger partial charge in [-0.05, 0) is 62.0 Å². The molecule has 1 aromatic rings. The fourth-order valence-electron chi connectivity index (χ4n) is 4.58. The molecule has 2 unspecified atom stereocenters. The first-order valence-electron chi connectivity index (χ1n) is 9.61. The predicted molar refractivity (Wildman–Crippen MR) is 106 cm³/mol. The number of nitrogens with zero attached hydrogens (tertiary/aromatic N) is 2. The first kappa shape index (κ1) is 17.7. The van der Waals surface area contributed by atoms with E-state index in [4.69, 9.17) is 11.6 Å².